The molecule has 0 aliphatic rings. The first-order valence-electron chi connectivity index (χ1n) is 8.76. The molecule has 154 valence electrons. The molecule has 1 unspecified atom stereocenters. The molecule has 0 radical (unpaired) electrons. The molecule has 3 rings (SSSR count). The standard InChI is InChI=1S/C20H19ClF3N3OS/c1-12-7-8-16(21)17(9-12)28-13(2)18-25-26-19(27(18)3)29-11-14-5-4-6-15(10-14)20(22,23)24/h4-10,13H,11H2,1-3H3. The van der Waals surface area contributed by atoms with E-state index in [9.17, 15) is 13.2 Å². The maximum atomic E-state index is 12.9. The number of hydrogen-bond donors (Lipinski definition) is 0. The highest BCUT2D eigenvalue weighted by molar-refractivity contribution is 7.98. The largest absolute Gasteiger partial charge is 0.481 e. The highest BCUT2D eigenvalue weighted by Gasteiger charge is 2.30. The van der Waals surface area contributed by atoms with Crippen LogP contribution in [0, 0.1) is 6.92 Å². The number of aryl methyl sites for hydroxylation is 1. The van der Waals surface area contributed by atoms with E-state index in [1.807, 2.05) is 26.0 Å². The third-order valence-corrected chi connectivity index (χ3v) is 5.65. The summed E-state index contributed by atoms with van der Waals surface area (Å²) in [4.78, 5) is 0. The van der Waals surface area contributed by atoms with E-state index in [1.165, 1.54) is 17.8 Å². The Kier molecular flexibility index (Phi) is 6.43. The lowest BCUT2D eigenvalue weighted by Gasteiger charge is -2.15. The molecule has 0 aliphatic carbocycles. The van der Waals surface area contributed by atoms with Gasteiger partial charge in [-0.1, -0.05) is 47.6 Å². The van der Waals surface area contributed by atoms with E-state index in [0.717, 1.165) is 17.7 Å². The second-order valence-electron chi connectivity index (χ2n) is 6.58. The molecule has 0 N–H and O–H groups in total. The molecule has 1 atom stereocenters. The molecular weight excluding hydrogens is 423 g/mol. The van der Waals surface area contributed by atoms with Gasteiger partial charge in [0, 0.05) is 12.8 Å². The molecule has 9 heteroatoms. The zero-order valence-electron chi connectivity index (χ0n) is 16.0. The van der Waals surface area contributed by atoms with Crippen molar-refractivity contribution in [3.05, 3.63) is 70.0 Å². The normalized spacial score (nSPS) is 12.8. The molecule has 0 saturated heterocycles. The van der Waals surface area contributed by atoms with Crippen LogP contribution in [0.3, 0.4) is 0 Å². The smallest absolute Gasteiger partial charge is 0.416 e. The van der Waals surface area contributed by atoms with E-state index in [4.69, 9.17) is 16.3 Å². The predicted octanol–water partition coefficient (Wildman–Crippen LogP) is 6.23. The molecule has 1 aromatic heterocycles. The topological polar surface area (TPSA) is 39.9 Å². The van der Waals surface area contributed by atoms with Crippen molar-refractivity contribution < 1.29 is 17.9 Å². The molecule has 0 fully saturated rings. The molecule has 4 nitrogen and oxygen atoms in total. The van der Waals surface area contributed by atoms with Gasteiger partial charge >= 0.3 is 6.18 Å². The molecule has 0 saturated carbocycles. The zero-order chi connectivity index (χ0) is 21.2. The first kappa shape index (κ1) is 21.5. The van der Waals surface area contributed by atoms with Crippen molar-refractivity contribution in [3.8, 4) is 5.75 Å². The van der Waals surface area contributed by atoms with Crippen molar-refractivity contribution in [1.29, 1.82) is 0 Å². The number of benzene rings is 2. The summed E-state index contributed by atoms with van der Waals surface area (Å²) in [5, 5.41) is 9.41. The second kappa shape index (κ2) is 8.67. The summed E-state index contributed by atoms with van der Waals surface area (Å²) in [6, 6.07) is 10.8. The van der Waals surface area contributed by atoms with Gasteiger partial charge in [-0.05, 0) is 43.2 Å². The van der Waals surface area contributed by atoms with Crippen LogP contribution in [0.15, 0.2) is 47.6 Å². The zero-order valence-corrected chi connectivity index (χ0v) is 17.6. The Morgan fingerprint density at radius 1 is 1.17 bits per heavy atom. The van der Waals surface area contributed by atoms with Crippen LogP contribution in [0.1, 0.15) is 35.5 Å². The van der Waals surface area contributed by atoms with E-state index in [-0.39, 0.29) is 0 Å². The summed E-state index contributed by atoms with van der Waals surface area (Å²) in [6.07, 6.45) is -4.77. The third-order valence-electron chi connectivity index (χ3n) is 4.24. The summed E-state index contributed by atoms with van der Waals surface area (Å²) in [7, 11) is 1.79. The fourth-order valence-corrected chi connectivity index (χ4v) is 3.76. The molecule has 2 aromatic carbocycles. The number of halogens is 4. The number of nitrogens with zero attached hydrogens (tertiary/aromatic N) is 3. The number of alkyl halides is 3. The highest BCUT2D eigenvalue weighted by atomic mass is 35.5. The summed E-state index contributed by atoms with van der Waals surface area (Å²) < 4.78 is 46.3. The van der Waals surface area contributed by atoms with E-state index in [1.54, 1.807) is 23.7 Å². The van der Waals surface area contributed by atoms with Crippen LogP contribution in [0.25, 0.3) is 0 Å². The van der Waals surface area contributed by atoms with Crippen molar-refractivity contribution in [2.45, 2.75) is 37.0 Å². The average molecular weight is 442 g/mol. The summed E-state index contributed by atoms with van der Waals surface area (Å²) in [5.74, 6) is 1.49. The SMILES string of the molecule is Cc1ccc(Cl)c(OC(C)c2nnc(SCc3cccc(C(F)(F)F)c3)n2C)c1. The van der Waals surface area contributed by atoms with Crippen LogP contribution < -0.4 is 4.74 Å². The quantitative estimate of drug-likeness (QED) is 0.425. The number of aromatic nitrogens is 3. The van der Waals surface area contributed by atoms with Gasteiger partial charge in [-0.15, -0.1) is 10.2 Å². The lowest BCUT2D eigenvalue weighted by atomic mass is 10.1. The number of rotatable bonds is 6. The molecule has 0 bridgehead atoms. The lowest BCUT2D eigenvalue weighted by Crippen LogP contribution is -2.10. The Morgan fingerprint density at radius 3 is 2.66 bits per heavy atom. The van der Waals surface area contributed by atoms with Crippen LogP contribution in [-0.2, 0) is 19.0 Å². The Bertz CT molecular complexity index is 1010. The Labute approximate surface area is 176 Å². The van der Waals surface area contributed by atoms with Gasteiger partial charge in [0.1, 0.15) is 5.75 Å². The maximum absolute atomic E-state index is 12.9. The van der Waals surface area contributed by atoms with E-state index < -0.39 is 17.8 Å². The van der Waals surface area contributed by atoms with Crippen LogP contribution in [0.2, 0.25) is 5.02 Å². The number of thioether (sulfide) groups is 1. The molecular formula is C20H19ClF3N3OS. The van der Waals surface area contributed by atoms with Gasteiger partial charge in [0.2, 0.25) is 0 Å². The van der Waals surface area contributed by atoms with Crippen molar-refractivity contribution >= 4 is 23.4 Å². The van der Waals surface area contributed by atoms with Gasteiger partial charge in [0.15, 0.2) is 17.1 Å². The Hall–Kier alpha value is -2.19. The minimum atomic E-state index is -4.36. The molecule has 3 aromatic rings. The summed E-state index contributed by atoms with van der Waals surface area (Å²) in [6.45, 7) is 3.78. The minimum Gasteiger partial charge on any atom is -0.481 e. The van der Waals surface area contributed by atoms with Gasteiger partial charge in [-0.25, -0.2) is 0 Å². The number of ether oxygens (including phenoxy) is 1. The van der Waals surface area contributed by atoms with Gasteiger partial charge in [0.25, 0.3) is 0 Å². The van der Waals surface area contributed by atoms with Crippen molar-refractivity contribution in [2.24, 2.45) is 7.05 Å². The molecule has 29 heavy (non-hydrogen) atoms. The van der Waals surface area contributed by atoms with Crippen LogP contribution >= 0.6 is 23.4 Å². The predicted molar refractivity (Wildman–Crippen MR) is 107 cm³/mol. The molecule has 1 heterocycles. The van der Waals surface area contributed by atoms with Crippen LogP contribution in [-0.4, -0.2) is 14.8 Å². The number of hydrogen-bond acceptors (Lipinski definition) is 4. The first-order valence-corrected chi connectivity index (χ1v) is 10.1. The van der Waals surface area contributed by atoms with Gasteiger partial charge in [-0.3, -0.25) is 0 Å². The summed E-state index contributed by atoms with van der Waals surface area (Å²) in [5.41, 5.74) is 0.920. The Balaban J connectivity index is 1.70. The van der Waals surface area contributed by atoms with Gasteiger partial charge in [0.05, 0.1) is 10.6 Å². The minimum absolute atomic E-state index is 0.342. The van der Waals surface area contributed by atoms with E-state index >= 15 is 0 Å². The average Bonchev–Trinajstić information content (AvgIpc) is 3.03. The van der Waals surface area contributed by atoms with Crippen molar-refractivity contribution in [3.63, 3.8) is 0 Å². The van der Waals surface area contributed by atoms with Crippen molar-refractivity contribution in [2.75, 3.05) is 0 Å². The first-order chi connectivity index (χ1) is 13.6. The van der Waals surface area contributed by atoms with Crippen molar-refractivity contribution in [1.82, 2.24) is 14.8 Å². The third kappa shape index (κ3) is 5.25. The van der Waals surface area contributed by atoms with Gasteiger partial charge < -0.3 is 9.30 Å². The van der Waals surface area contributed by atoms with Gasteiger partial charge in [-0.2, -0.15) is 13.2 Å². The molecule has 0 spiro atoms. The molecule has 0 amide bonds. The maximum Gasteiger partial charge on any atom is 0.416 e. The fourth-order valence-electron chi connectivity index (χ4n) is 2.74. The van der Waals surface area contributed by atoms with Crippen LogP contribution in [0.5, 0.6) is 5.75 Å². The van der Waals surface area contributed by atoms with E-state index in [2.05, 4.69) is 10.2 Å². The lowest BCUT2D eigenvalue weighted by molar-refractivity contribution is -0.137. The fraction of sp³-hybridized carbons (Fsp3) is 0.300. The Morgan fingerprint density at radius 2 is 1.93 bits per heavy atom. The molecule has 0 aliphatic heterocycles. The monoisotopic (exact) mass is 441 g/mol. The van der Waals surface area contributed by atoms with E-state index in [0.29, 0.717) is 33.1 Å². The second-order valence-corrected chi connectivity index (χ2v) is 7.93. The highest BCUT2D eigenvalue weighted by Crippen LogP contribution is 2.32. The summed E-state index contributed by atoms with van der Waals surface area (Å²) >= 11 is 7.49. The van der Waals surface area contributed by atoms with Crippen LogP contribution in [0.4, 0.5) is 13.2 Å².